The molecule has 0 saturated carbocycles. The van der Waals surface area contributed by atoms with Crippen LogP contribution in [-0.4, -0.2) is 26.0 Å². The molecular formula is C30H24O5. The van der Waals surface area contributed by atoms with Crippen molar-refractivity contribution in [1.82, 2.24) is 0 Å². The first-order valence-electron chi connectivity index (χ1n) is 11.0. The van der Waals surface area contributed by atoms with Crippen LogP contribution >= 0.6 is 0 Å². The molecule has 4 rings (SSSR count). The number of esters is 1. The van der Waals surface area contributed by atoms with Gasteiger partial charge in [0.2, 0.25) is 0 Å². The quantitative estimate of drug-likeness (QED) is 0.129. The lowest BCUT2D eigenvalue weighted by atomic mass is 10.0. The van der Waals surface area contributed by atoms with Crippen LogP contribution in [0.3, 0.4) is 0 Å². The minimum atomic E-state index is -0.622. The maximum Gasteiger partial charge on any atom is 0.351 e. The van der Waals surface area contributed by atoms with Gasteiger partial charge in [-0.25, -0.2) is 4.79 Å². The number of allylic oxidation sites excluding steroid dienone is 1. The van der Waals surface area contributed by atoms with Gasteiger partial charge in [-0.1, -0.05) is 78.9 Å². The van der Waals surface area contributed by atoms with Crippen LogP contribution < -0.4 is 14.2 Å². The molecule has 0 atom stereocenters. The molecule has 5 nitrogen and oxygen atoms in total. The molecule has 4 aromatic carbocycles. The fraction of sp³-hybridized carbons (Fsp3) is 0.0667. The molecule has 0 aromatic heterocycles. The summed E-state index contributed by atoms with van der Waals surface area (Å²) in [6.45, 7) is 0. The first-order valence-corrected chi connectivity index (χ1v) is 11.0. The Morgan fingerprint density at radius 1 is 0.629 bits per heavy atom. The highest BCUT2D eigenvalue weighted by Gasteiger charge is 2.21. The van der Waals surface area contributed by atoms with Crippen LogP contribution in [0.1, 0.15) is 26.3 Å². The molecular weight excluding hydrogens is 440 g/mol. The van der Waals surface area contributed by atoms with E-state index in [9.17, 15) is 9.59 Å². The van der Waals surface area contributed by atoms with Crippen molar-refractivity contribution < 1.29 is 23.8 Å². The summed E-state index contributed by atoms with van der Waals surface area (Å²) in [7, 11) is 2.94. The van der Waals surface area contributed by atoms with Crippen molar-refractivity contribution >= 4 is 17.8 Å². The predicted molar refractivity (Wildman–Crippen MR) is 136 cm³/mol. The fourth-order valence-corrected chi connectivity index (χ4v) is 3.63. The maximum atomic E-state index is 13.0. The van der Waals surface area contributed by atoms with Crippen LogP contribution in [0.25, 0.3) is 17.2 Å². The standard InChI is InChI=1S/C30H24O5/c1-33-27-13-8-14-28(34-2)29(27)30(32)35-26-12-7-6-11-24(26)19-20-25(31)23-17-15-22(16-18-23)21-9-4-3-5-10-21/h3-20H,1-2H3/b20-19+. The zero-order valence-electron chi connectivity index (χ0n) is 19.4. The third kappa shape index (κ3) is 5.47. The number of carbonyl (C=O) groups excluding carboxylic acids is 2. The lowest BCUT2D eigenvalue weighted by Gasteiger charge is -2.13. The van der Waals surface area contributed by atoms with E-state index in [-0.39, 0.29) is 11.3 Å². The summed E-state index contributed by atoms with van der Waals surface area (Å²) in [5.74, 6) is 0.224. The SMILES string of the molecule is COc1cccc(OC)c1C(=O)Oc1ccccc1/C=C/C(=O)c1ccc(-c2ccccc2)cc1. The van der Waals surface area contributed by atoms with Crippen LogP contribution in [0.5, 0.6) is 17.2 Å². The Hall–Kier alpha value is -4.64. The second-order valence-electron chi connectivity index (χ2n) is 7.61. The van der Waals surface area contributed by atoms with E-state index in [2.05, 4.69) is 0 Å². The predicted octanol–water partition coefficient (Wildman–Crippen LogP) is 6.49. The van der Waals surface area contributed by atoms with Gasteiger partial charge in [0.05, 0.1) is 14.2 Å². The van der Waals surface area contributed by atoms with E-state index in [4.69, 9.17) is 14.2 Å². The minimum Gasteiger partial charge on any atom is -0.496 e. The van der Waals surface area contributed by atoms with Gasteiger partial charge in [0.1, 0.15) is 22.8 Å². The van der Waals surface area contributed by atoms with Crippen LogP contribution in [0, 0.1) is 0 Å². The number of benzene rings is 4. The third-order valence-electron chi connectivity index (χ3n) is 5.44. The number of hydrogen-bond donors (Lipinski definition) is 0. The molecule has 0 aliphatic carbocycles. The van der Waals surface area contributed by atoms with Crippen molar-refractivity contribution in [3.8, 4) is 28.4 Å². The van der Waals surface area contributed by atoms with E-state index in [0.29, 0.717) is 28.4 Å². The first kappa shape index (κ1) is 23.5. The summed E-state index contributed by atoms with van der Waals surface area (Å²) < 4.78 is 16.3. The van der Waals surface area contributed by atoms with Gasteiger partial charge >= 0.3 is 5.97 Å². The van der Waals surface area contributed by atoms with Gasteiger partial charge in [-0.2, -0.15) is 0 Å². The number of methoxy groups -OCH3 is 2. The van der Waals surface area contributed by atoms with Gasteiger partial charge < -0.3 is 14.2 Å². The van der Waals surface area contributed by atoms with Crippen molar-refractivity contribution in [2.45, 2.75) is 0 Å². The zero-order chi connectivity index (χ0) is 24.6. The number of hydrogen-bond acceptors (Lipinski definition) is 5. The molecule has 0 aliphatic heterocycles. The minimum absolute atomic E-state index is 0.155. The van der Waals surface area contributed by atoms with Gasteiger partial charge in [0.25, 0.3) is 0 Å². The van der Waals surface area contributed by atoms with Crippen molar-refractivity contribution in [3.05, 3.63) is 120 Å². The number of para-hydroxylation sites is 1. The summed E-state index contributed by atoms with van der Waals surface area (Å²) in [6.07, 6.45) is 3.10. The van der Waals surface area contributed by atoms with Crippen LogP contribution in [0.15, 0.2) is 103 Å². The Labute approximate surface area is 204 Å². The van der Waals surface area contributed by atoms with E-state index in [1.54, 1.807) is 60.7 Å². The van der Waals surface area contributed by atoms with Gasteiger partial charge in [-0.3, -0.25) is 4.79 Å². The summed E-state index contributed by atoms with van der Waals surface area (Å²) in [5.41, 5.74) is 3.46. The summed E-state index contributed by atoms with van der Waals surface area (Å²) in [6, 6.07) is 29.5. The third-order valence-corrected chi connectivity index (χ3v) is 5.44. The van der Waals surface area contributed by atoms with Crippen molar-refractivity contribution in [1.29, 1.82) is 0 Å². The molecule has 0 heterocycles. The molecule has 0 N–H and O–H groups in total. The Bertz CT molecular complexity index is 1330. The van der Waals surface area contributed by atoms with Gasteiger partial charge in [-0.05, 0) is 41.5 Å². The zero-order valence-corrected chi connectivity index (χ0v) is 19.4. The fourth-order valence-electron chi connectivity index (χ4n) is 3.63. The van der Waals surface area contributed by atoms with E-state index in [0.717, 1.165) is 11.1 Å². The molecule has 0 saturated heterocycles. The molecule has 174 valence electrons. The second-order valence-corrected chi connectivity index (χ2v) is 7.61. The van der Waals surface area contributed by atoms with E-state index in [1.807, 2.05) is 42.5 Å². The average molecular weight is 465 g/mol. The van der Waals surface area contributed by atoms with Gasteiger partial charge in [0.15, 0.2) is 5.78 Å². The Kier molecular flexibility index (Phi) is 7.38. The molecule has 4 aromatic rings. The largest absolute Gasteiger partial charge is 0.496 e. The van der Waals surface area contributed by atoms with Crippen LogP contribution in [0.2, 0.25) is 0 Å². The molecule has 0 unspecified atom stereocenters. The maximum absolute atomic E-state index is 13.0. The Balaban J connectivity index is 1.52. The molecule has 0 bridgehead atoms. The lowest BCUT2D eigenvalue weighted by molar-refractivity contribution is 0.0727. The normalized spacial score (nSPS) is 10.7. The number of rotatable bonds is 8. The van der Waals surface area contributed by atoms with Gasteiger partial charge in [-0.15, -0.1) is 0 Å². The van der Waals surface area contributed by atoms with Crippen molar-refractivity contribution in [2.75, 3.05) is 14.2 Å². The Morgan fingerprint density at radius 2 is 1.20 bits per heavy atom. The molecule has 35 heavy (non-hydrogen) atoms. The van der Waals surface area contributed by atoms with E-state index >= 15 is 0 Å². The molecule has 5 heteroatoms. The summed E-state index contributed by atoms with van der Waals surface area (Å²) >= 11 is 0. The number of carbonyl (C=O) groups is 2. The van der Waals surface area contributed by atoms with Gasteiger partial charge in [0, 0.05) is 11.1 Å². The van der Waals surface area contributed by atoms with E-state index < -0.39 is 5.97 Å². The number of ether oxygens (including phenoxy) is 3. The summed E-state index contributed by atoms with van der Waals surface area (Å²) in [5, 5.41) is 0. The summed E-state index contributed by atoms with van der Waals surface area (Å²) in [4.78, 5) is 25.7. The highest BCUT2D eigenvalue weighted by Crippen LogP contribution is 2.30. The molecule has 0 spiro atoms. The van der Waals surface area contributed by atoms with Crippen LogP contribution in [-0.2, 0) is 0 Å². The van der Waals surface area contributed by atoms with Crippen molar-refractivity contribution in [3.63, 3.8) is 0 Å². The highest BCUT2D eigenvalue weighted by atomic mass is 16.5. The molecule has 0 aliphatic rings. The topological polar surface area (TPSA) is 61.8 Å². The van der Waals surface area contributed by atoms with Crippen molar-refractivity contribution in [2.24, 2.45) is 0 Å². The molecule has 0 radical (unpaired) electrons. The Morgan fingerprint density at radius 3 is 1.86 bits per heavy atom. The smallest absolute Gasteiger partial charge is 0.351 e. The first-order chi connectivity index (χ1) is 17.1. The van der Waals surface area contributed by atoms with Crippen LogP contribution in [0.4, 0.5) is 0 Å². The molecule has 0 amide bonds. The number of ketones is 1. The van der Waals surface area contributed by atoms with E-state index in [1.165, 1.54) is 20.3 Å². The molecule has 0 fully saturated rings. The highest BCUT2D eigenvalue weighted by molar-refractivity contribution is 6.07. The monoisotopic (exact) mass is 464 g/mol. The average Bonchev–Trinajstić information content (AvgIpc) is 2.92. The lowest BCUT2D eigenvalue weighted by Crippen LogP contribution is -2.12. The second kappa shape index (κ2) is 11.0.